The fraction of sp³-hybridized carbons (Fsp3) is 0.0455. The van der Waals surface area contributed by atoms with Crippen LogP contribution in [0.3, 0.4) is 0 Å². The first-order valence-electron chi connectivity index (χ1n) is 8.45. The molecule has 0 amide bonds. The van der Waals surface area contributed by atoms with Crippen LogP contribution in [0.15, 0.2) is 84.0 Å². The van der Waals surface area contributed by atoms with Gasteiger partial charge >= 0.3 is 0 Å². The summed E-state index contributed by atoms with van der Waals surface area (Å²) in [4.78, 5) is 8.35. The third-order valence-corrected chi connectivity index (χ3v) is 5.38. The third-order valence-electron chi connectivity index (χ3n) is 4.44. The molecule has 5 heteroatoms. The fourth-order valence-corrected chi connectivity index (χ4v) is 3.56. The van der Waals surface area contributed by atoms with E-state index in [1.165, 1.54) is 12.1 Å². The number of nitrogens with zero attached hydrogens (tertiary/aromatic N) is 1. The van der Waals surface area contributed by atoms with Crippen molar-refractivity contribution in [2.45, 2.75) is 4.90 Å². The lowest BCUT2D eigenvalue weighted by atomic mass is 10.0. The van der Waals surface area contributed by atoms with Crippen molar-refractivity contribution in [3.63, 3.8) is 0 Å². The van der Waals surface area contributed by atoms with E-state index < -0.39 is 11.2 Å². The minimum absolute atomic E-state index is 0.261. The molecule has 3 nitrogen and oxygen atoms in total. The van der Waals surface area contributed by atoms with Gasteiger partial charge in [-0.15, -0.1) is 0 Å². The highest BCUT2D eigenvalue weighted by Crippen LogP contribution is 2.36. The molecule has 0 bridgehead atoms. The van der Waals surface area contributed by atoms with Gasteiger partial charge in [-0.25, -0.2) is 4.39 Å². The monoisotopic (exact) mass is 376 g/mol. The van der Waals surface area contributed by atoms with Crippen LogP contribution in [0.1, 0.15) is 0 Å². The van der Waals surface area contributed by atoms with Gasteiger partial charge in [0, 0.05) is 29.2 Å². The van der Waals surface area contributed by atoms with Crippen LogP contribution >= 0.6 is 0 Å². The zero-order chi connectivity index (χ0) is 18.8. The second-order valence-electron chi connectivity index (χ2n) is 6.19. The van der Waals surface area contributed by atoms with Gasteiger partial charge in [0.1, 0.15) is 12.1 Å². The molecular formula is C22H17FN2OS. The zero-order valence-corrected chi connectivity index (χ0v) is 15.5. The Morgan fingerprint density at radius 1 is 0.852 bits per heavy atom. The highest BCUT2D eigenvalue weighted by atomic mass is 32.2. The Kier molecular flexibility index (Phi) is 4.79. The van der Waals surface area contributed by atoms with E-state index in [0.29, 0.717) is 0 Å². The van der Waals surface area contributed by atoms with Gasteiger partial charge in [0.25, 0.3) is 0 Å². The predicted octanol–water partition coefficient (Wildman–Crippen LogP) is 5.29. The highest BCUT2D eigenvalue weighted by Gasteiger charge is 2.14. The Labute approximate surface area is 160 Å². The number of nitrogens with one attached hydrogen (secondary N) is 1. The molecule has 134 valence electrons. The molecule has 1 unspecified atom stereocenters. The van der Waals surface area contributed by atoms with Gasteiger partial charge in [0.05, 0.1) is 5.69 Å². The van der Waals surface area contributed by atoms with Gasteiger partial charge in [-0.3, -0.25) is 4.98 Å². The summed E-state index contributed by atoms with van der Waals surface area (Å²) in [6.07, 6.45) is 5.16. The second kappa shape index (κ2) is 7.39. The van der Waals surface area contributed by atoms with Crippen molar-refractivity contribution in [3.05, 3.63) is 84.9 Å². The largest absolute Gasteiger partial charge is 0.612 e. The number of H-pyrrole nitrogens is 1. The summed E-state index contributed by atoms with van der Waals surface area (Å²) in [7, 11) is 0. The molecule has 2 aromatic heterocycles. The van der Waals surface area contributed by atoms with Crippen molar-refractivity contribution >= 4 is 11.2 Å². The van der Waals surface area contributed by atoms with Gasteiger partial charge < -0.3 is 9.54 Å². The van der Waals surface area contributed by atoms with Gasteiger partial charge in [-0.2, -0.15) is 0 Å². The number of hydrogen-bond donors (Lipinski definition) is 1. The molecule has 0 saturated heterocycles. The van der Waals surface area contributed by atoms with Crippen LogP contribution in [-0.2, 0) is 11.2 Å². The van der Waals surface area contributed by atoms with Crippen molar-refractivity contribution in [2.75, 3.05) is 6.26 Å². The molecule has 27 heavy (non-hydrogen) atoms. The van der Waals surface area contributed by atoms with E-state index in [9.17, 15) is 8.94 Å². The molecule has 0 radical (unpaired) electrons. The van der Waals surface area contributed by atoms with Crippen LogP contribution in [0, 0.1) is 5.82 Å². The molecule has 0 aliphatic rings. The number of aromatic amines is 1. The van der Waals surface area contributed by atoms with Crippen LogP contribution in [0.4, 0.5) is 4.39 Å². The molecule has 2 aromatic carbocycles. The van der Waals surface area contributed by atoms with Gasteiger partial charge in [0.15, 0.2) is 4.90 Å². The molecule has 0 fully saturated rings. The van der Waals surface area contributed by atoms with E-state index in [0.717, 1.165) is 38.5 Å². The lowest BCUT2D eigenvalue weighted by Gasteiger charge is -2.05. The number of benzene rings is 2. The van der Waals surface area contributed by atoms with E-state index in [4.69, 9.17) is 0 Å². The van der Waals surface area contributed by atoms with Crippen molar-refractivity contribution in [3.8, 4) is 33.6 Å². The SMILES string of the molecule is C[S+]([O-])c1ccc(-c2cc(-c3ccc(F)cc3)c(-c3ccncc3)[nH]2)cc1. The molecule has 1 N–H and O–H groups in total. The Hall–Kier alpha value is -2.89. The summed E-state index contributed by atoms with van der Waals surface area (Å²) in [6.45, 7) is 0. The minimum atomic E-state index is -1.01. The van der Waals surface area contributed by atoms with Gasteiger partial charge in [-0.05, 0) is 76.9 Å². The molecule has 1 atom stereocenters. The van der Waals surface area contributed by atoms with Crippen molar-refractivity contribution < 1.29 is 8.94 Å². The van der Waals surface area contributed by atoms with Crippen LogP contribution in [0.5, 0.6) is 0 Å². The van der Waals surface area contributed by atoms with E-state index in [1.807, 2.05) is 36.4 Å². The molecule has 0 spiro atoms. The number of rotatable bonds is 4. The first-order valence-corrected chi connectivity index (χ1v) is 10.0. The molecule has 4 aromatic rings. The van der Waals surface area contributed by atoms with Crippen LogP contribution in [-0.4, -0.2) is 20.8 Å². The first kappa shape index (κ1) is 17.5. The molecule has 2 heterocycles. The average Bonchev–Trinajstić information content (AvgIpc) is 3.15. The van der Waals surface area contributed by atoms with Gasteiger partial charge in [0.2, 0.25) is 0 Å². The normalized spacial score (nSPS) is 12.1. The number of hydrogen-bond acceptors (Lipinski definition) is 2. The number of pyridine rings is 1. The molecule has 0 aliphatic heterocycles. The molecular weight excluding hydrogens is 359 g/mol. The summed E-state index contributed by atoms with van der Waals surface area (Å²) in [5.41, 5.74) is 5.79. The van der Waals surface area contributed by atoms with E-state index in [2.05, 4.69) is 16.0 Å². The summed E-state index contributed by atoms with van der Waals surface area (Å²) >= 11 is -1.01. The van der Waals surface area contributed by atoms with E-state index in [1.54, 1.807) is 30.8 Å². The van der Waals surface area contributed by atoms with E-state index >= 15 is 0 Å². The molecule has 0 saturated carbocycles. The van der Waals surface area contributed by atoms with Gasteiger partial charge in [-0.1, -0.05) is 12.1 Å². The second-order valence-corrected chi connectivity index (χ2v) is 7.57. The quantitative estimate of drug-likeness (QED) is 0.492. The maximum atomic E-state index is 13.4. The van der Waals surface area contributed by atoms with Crippen molar-refractivity contribution in [1.29, 1.82) is 0 Å². The molecule has 0 aliphatic carbocycles. The van der Waals surface area contributed by atoms with Crippen LogP contribution < -0.4 is 0 Å². The number of aromatic nitrogens is 2. The average molecular weight is 376 g/mol. The lowest BCUT2D eigenvalue weighted by Crippen LogP contribution is -1.96. The highest BCUT2D eigenvalue weighted by molar-refractivity contribution is 7.90. The maximum Gasteiger partial charge on any atom is 0.152 e. The first-order chi connectivity index (χ1) is 13.1. The standard InChI is InChI=1S/C22H17FN2OS/c1-27(26)19-8-4-16(5-9-19)21-14-20(15-2-6-18(23)7-3-15)22(25-21)17-10-12-24-13-11-17/h2-14,25H,1H3. The summed E-state index contributed by atoms with van der Waals surface area (Å²) in [5.74, 6) is -0.261. The Bertz CT molecular complexity index is 1040. The minimum Gasteiger partial charge on any atom is -0.612 e. The topological polar surface area (TPSA) is 51.7 Å². The summed E-state index contributed by atoms with van der Waals surface area (Å²) in [5, 5.41) is 0. The Balaban J connectivity index is 1.83. The summed E-state index contributed by atoms with van der Waals surface area (Å²) in [6, 6.07) is 20.0. The molecule has 4 rings (SSSR count). The Morgan fingerprint density at radius 2 is 1.48 bits per heavy atom. The van der Waals surface area contributed by atoms with Crippen LogP contribution in [0.25, 0.3) is 33.6 Å². The lowest BCUT2D eigenvalue weighted by molar-refractivity contribution is 0.601. The predicted molar refractivity (Wildman–Crippen MR) is 107 cm³/mol. The van der Waals surface area contributed by atoms with Crippen LogP contribution in [0.2, 0.25) is 0 Å². The summed E-state index contributed by atoms with van der Waals surface area (Å²) < 4.78 is 25.0. The van der Waals surface area contributed by atoms with Crippen molar-refractivity contribution in [2.24, 2.45) is 0 Å². The zero-order valence-electron chi connectivity index (χ0n) is 14.6. The maximum absolute atomic E-state index is 13.4. The third kappa shape index (κ3) is 3.65. The number of halogens is 1. The smallest absolute Gasteiger partial charge is 0.152 e. The van der Waals surface area contributed by atoms with Crippen molar-refractivity contribution in [1.82, 2.24) is 9.97 Å². The fourth-order valence-electron chi connectivity index (χ4n) is 3.04. The Morgan fingerprint density at radius 3 is 2.11 bits per heavy atom. The van der Waals surface area contributed by atoms with E-state index in [-0.39, 0.29) is 5.82 Å².